The standard InChI is InChI=1S/C22H26FN3S/c1-13-7-18(8-14(2)24-13)9-17-5-6-26(12-17)15(3)19-10-21-22(11-20(19)23)27-16(4)25-21/h7-8,10-11,15,17H,5-6,9,12H2,1-4H3/t15-,17-/m0/s1. The van der Waals surface area contributed by atoms with Crippen molar-refractivity contribution in [3.8, 4) is 0 Å². The van der Waals surface area contributed by atoms with E-state index >= 15 is 0 Å². The molecule has 0 N–H and O–H groups in total. The number of aryl methyl sites for hydroxylation is 3. The topological polar surface area (TPSA) is 29.0 Å². The van der Waals surface area contributed by atoms with Crippen LogP contribution in [-0.2, 0) is 6.42 Å². The van der Waals surface area contributed by atoms with E-state index in [0.717, 1.165) is 58.1 Å². The fourth-order valence-electron chi connectivity index (χ4n) is 4.35. The Morgan fingerprint density at radius 2 is 1.89 bits per heavy atom. The molecular formula is C22H26FN3S. The summed E-state index contributed by atoms with van der Waals surface area (Å²) in [6, 6.07) is 8.06. The third-order valence-corrected chi connectivity index (χ3v) is 6.53. The highest BCUT2D eigenvalue weighted by atomic mass is 32.1. The van der Waals surface area contributed by atoms with E-state index in [2.05, 4.69) is 47.8 Å². The summed E-state index contributed by atoms with van der Waals surface area (Å²) in [5.74, 6) is 0.504. The maximum absolute atomic E-state index is 14.7. The van der Waals surface area contributed by atoms with E-state index in [9.17, 15) is 4.39 Å². The number of aromatic nitrogens is 2. The highest BCUT2D eigenvalue weighted by molar-refractivity contribution is 7.18. The number of rotatable bonds is 4. The maximum atomic E-state index is 14.7. The number of thiazole rings is 1. The van der Waals surface area contributed by atoms with Gasteiger partial charge in [0.2, 0.25) is 0 Å². The Balaban J connectivity index is 1.49. The first-order valence-electron chi connectivity index (χ1n) is 9.64. The van der Waals surface area contributed by atoms with Gasteiger partial charge < -0.3 is 0 Å². The van der Waals surface area contributed by atoms with Crippen molar-refractivity contribution in [3.63, 3.8) is 0 Å². The second-order valence-corrected chi connectivity index (χ2v) is 9.10. The van der Waals surface area contributed by atoms with Crippen LogP contribution in [0, 0.1) is 32.5 Å². The van der Waals surface area contributed by atoms with Crippen LogP contribution in [0.5, 0.6) is 0 Å². The van der Waals surface area contributed by atoms with Crippen LogP contribution in [0.3, 0.4) is 0 Å². The molecule has 0 saturated carbocycles. The molecule has 5 heteroatoms. The third kappa shape index (κ3) is 3.90. The van der Waals surface area contributed by atoms with Crippen LogP contribution < -0.4 is 0 Å². The van der Waals surface area contributed by atoms with Gasteiger partial charge in [0, 0.05) is 29.5 Å². The fraction of sp³-hybridized carbons (Fsp3) is 0.455. The van der Waals surface area contributed by atoms with Gasteiger partial charge in [0.05, 0.1) is 15.2 Å². The summed E-state index contributed by atoms with van der Waals surface area (Å²) in [7, 11) is 0. The molecule has 2 atom stereocenters. The molecule has 0 amide bonds. The van der Waals surface area contributed by atoms with E-state index in [1.54, 1.807) is 17.4 Å². The molecule has 0 radical (unpaired) electrons. The van der Waals surface area contributed by atoms with Gasteiger partial charge in [-0.2, -0.15) is 0 Å². The van der Waals surface area contributed by atoms with Crippen LogP contribution in [0.15, 0.2) is 24.3 Å². The molecule has 0 aliphatic carbocycles. The van der Waals surface area contributed by atoms with Crippen molar-refractivity contribution in [3.05, 3.63) is 57.6 Å². The zero-order valence-corrected chi connectivity index (χ0v) is 17.2. The summed E-state index contributed by atoms with van der Waals surface area (Å²) in [4.78, 5) is 11.4. The molecule has 1 saturated heterocycles. The van der Waals surface area contributed by atoms with Gasteiger partial charge in [-0.25, -0.2) is 9.37 Å². The Bertz CT molecular complexity index is 961. The summed E-state index contributed by atoms with van der Waals surface area (Å²) in [6.45, 7) is 10.2. The Hall–Kier alpha value is -1.85. The first-order valence-corrected chi connectivity index (χ1v) is 10.5. The minimum absolute atomic E-state index is 0.0716. The van der Waals surface area contributed by atoms with Gasteiger partial charge in [-0.05, 0) is 82.8 Å². The lowest BCUT2D eigenvalue weighted by atomic mass is 9.98. The predicted octanol–water partition coefficient (Wildman–Crippen LogP) is 5.38. The van der Waals surface area contributed by atoms with Crippen LogP contribution in [0.25, 0.3) is 10.2 Å². The quantitative estimate of drug-likeness (QED) is 0.605. The zero-order chi connectivity index (χ0) is 19.1. The second-order valence-electron chi connectivity index (χ2n) is 7.86. The SMILES string of the molecule is Cc1cc(C[C@@H]2CCN([C@@H](C)c3cc4nc(C)sc4cc3F)C2)cc(C)n1. The van der Waals surface area contributed by atoms with Gasteiger partial charge in [-0.3, -0.25) is 9.88 Å². The van der Waals surface area contributed by atoms with Crippen LogP contribution in [0.1, 0.15) is 46.9 Å². The van der Waals surface area contributed by atoms with Crippen molar-refractivity contribution in [2.45, 2.75) is 46.6 Å². The van der Waals surface area contributed by atoms with Gasteiger partial charge >= 0.3 is 0 Å². The third-order valence-electron chi connectivity index (χ3n) is 5.59. The van der Waals surface area contributed by atoms with Gasteiger partial charge in [0.1, 0.15) is 5.82 Å². The summed E-state index contributed by atoms with van der Waals surface area (Å²) in [5, 5.41) is 0.985. The number of benzene rings is 1. The van der Waals surface area contributed by atoms with Gasteiger partial charge in [0.25, 0.3) is 0 Å². The van der Waals surface area contributed by atoms with Gasteiger partial charge in [0.15, 0.2) is 0 Å². The molecule has 0 spiro atoms. The lowest BCUT2D eigenvalue weighted by Crippen LogP contribution is -2.25. The minimum Gasteiger partial charge on any atom is -0.296 e. The Labute approximate surface area is 164 Å². The number of hydrogen-bond acceptors (Lipinski definition) is 4. The molecular weight excluding hydrogens is 357 g/mol. The molecule has 3 aromatic rings. The van der Waals surface area contributed by atoms with E-state index in [0.29, 0.717) is 5.92 Å². The smallest absolute Gasteiger partial charge is 0.129 e. The van der Waals surface area contributed by atoms with Crippen LogP contribution in [0.4, 0.5) is 4.39 Å². The first kappa shape index (κ1) is 18.5. The number of likely N-dealkylation sites (tertiary alicyclic amines) is 1. The molecule has 4 rings (SSSR count). The van der Waals surface area contributed by atoms with E-state index in [1.165, 1.54) is 5.56 Å². The molecule has 3 nitrogen and oxygen atoms in total. The van der Waals surface area contributed by atoms with Crippen LogP contribution >= 0.6 is 11.3 Å². The van der Waals surface area contributed by atoms with Crippen molar-refractivity contribution < 1.29 is 4.39 Å². The van der Waals surface area contributed by atoms with Crippen molar-refractivity contribution in [1.29, 1.82) is 0 Å². The Morgan fingerprint density at radius 1 is 1.15 bits per heavy atom. The normalized spacial score (nSPS) is 19.1. The first-order chi connectivity index (χ1) is 12.9. The predicted molar refractivity (Wildman–Crippen MR) is 110 cm³/mol. The summed E-state index contributed by atoms with van der Waals surface area (Å²) >= 11 is 1.55. The molecule has 0 bridgehead atoms. The molecule has 2 aromatic heterocycles. The van der Waals surface area contributed by atoms with Crippen LogP contribution in [0.2, 0.25) is 0 Å². The van der Waals surface area contributed by atoms with E-state index in [-0.39, 0.29) is 11.9 Å². The van der Waals surface area contributed by atoms with Crippen molar-refractivity contribution in [2.24, 2.45) is 5.92 Å². The monoisotopic (exact) mass is 383 g/mol. The summed E-state index contributed by atoms with van der Waals surface area (Å²) < 4.78 is 15.6. The molecule has 3 heterocycles. The molecule has 142 valence electrons. The molecule has 0 unspecified atom stereocenters. The van der Waals surface area contributed by atoms with Crippen molar-refractivity contribution in [1.82, 2.24) is 14.9 Å². The van der Waals surface area contributed by atoms with Crippen molar-refractivity contribution >= 4 is 21.6 Å². The average Bonchev–Trinajstić information content (AvgIpc) is 3.18. The second kappa shape index (κ2) is 7.28. The fourth-order valence-corrected chi connectivity index (χ4v) is 5.18. The van der Waals surface area contributed by atoms with E-state index in [1.807, 2.05) is 13.0 Å². The number of halogens is 1. The highest BCUT2D eigenvalue weighted by Crippen LogP contribution is 2.33. The average molecular weight is 384 g/mol. The lowest BCUT2D eigenvalue weighted by molar-refractivity contribution is 0.247. The molecule has 1 aliphatic rings. The molecule has 1 aromatic carbocycles. The lowest BCUT2D eigenvalue weighted by Gasteiger charge is -2.25. The summed E-state index contributed by atoms with van der Waals surface area (Å²) in [6.07, 6.45) is 2.23. The molecule has 27 heavy (non-hydrogen) atoms. The highest BCUT2D eigenvalue weighted by Gasteiger charge is 2.28. The van der Waals surface area contributed by atoms with Crippen molar-refractivity contribution in [2.75, 3.05) is 13.1 Å². The Morgan fingerprint density at radius 3 is 2.63 bits per heavy atom. The largest absolute Gasteiger partial charge is 0.296 e. The maximum Gasteiger partial charge on any atom is 0.129 e. The van der Waals surface area contributed by atoms with Gasteiger partial charge in [-0.1, -0.05) is 0 Å². The number of fused-ring (bicyclic) bond motifs is 1. The van der Waals surface area contributed by atoms with E-state index < -0.39 is 0 Å². The molecule has 1 fully saturated rings. The van der Waals surface area contributed by atoms with Gasteiger partial charge in [-0.15, -0.1) is 11.3 Å². The zero-order valence-electron chi connectivity index (χ0n) is 16.4. The number of nitrogens with zero attached hydrogens (tertiary/aromatic N) is 3. The number of hydrogen-bond donors (Lipinski definition) is 0. The summed E-state index contributed by atoms with van der Waals surface area (Å²) in [5.41, 5.74) is 5.22. The Kier molecular flexibility index (Phi) is 4.99. The van der Waals surface area contributed by atoms with Crippen LogP contribution in [-0.4, -0.2) is 28.0 Å². The van der Waals surface area contributed by atoms with E-state index in [4.69, 9.17) is 0 Å². The minimum atomic E-state index is -0.109. The number of pyridine rings is 1. The molecule has 1 aliphatic heterocycles.